The minimum Gasteiger partial charge on any atom is -0.496 e. The van der Waals surface area contributed by atoms with Crippen LogP contribution in [-0.2, 0) is 6.42 Å². The number of likely N-dealkylation sites (N-methyl/N-ethyl adjacent to an activating group) is 1. The van der Waals surface area contributed by atoms with E-state index >= 15 is 0 Å². The van der Waals surface area contributed by atoms with Crippen molar-refractivity contribution in [3.63, 3.8) is 0 Å². The second-order valence-electron chi connectivity index (χ2n) is 5.50. The minimum absolute atomic E-state index is 0.0896. The normalized spacial score (nSPS) is 18.6. The second-order valence-corrected chi connectivity index (χ2v) is 5.50. The van der Waals surface area contributed by atoms with Crippen LogP contribution in [0, 0.1) is 5.82 Å². The molecule has 0 amide bonds. The molecule has 0 aromatic heterocycles. The Morgan fingerprint density at radius 1 is 1.32 bits per heavy atom. The molecule has 4 heteroatoms. The molecule has 0 unspecified atom stereocenters. The van der Waals surface area contributed by atoms with Crippen molar-refractivity contribution in [2.75, 3.05) is 34.3 Å². The predicted octanol–water partition coefficient (Wildman–Crippen LogP) is 2.06. The third-order valence-corrected chi connectivity index (χ3v) is 4.24. The first-order chi connectivity index (χ1) is 9.07. The largest absolute Gasteiger partial charge is 0.496 e. The highest BCUT2D eigenvalue weighted by Crippen LogP contribution is 2.32. The average Bonchev–Trinajstić information content (AvgIpc) is 2.40. The maximum atomic E-state index is 13.5. The second kappa shape index (κ2) is 5.88. The molecule has 0 spiro atoms. The number of nitrogens with one attached hydrogen (secondary N) is 1. The molecule has 1 fully saturated rings. The van der Waals surface area contributed by atoms with Gasteiger partial charge in [0.2, 0.25) is 0 Å². The van der Waals surface area contributed by atoms with Crippen molar-refractivity contribution in [1.82, 2.24) is 10.2 Å². The molecule has 1 heterocycles. The van der Waals surface area contributed by atoms with Crippen LogP contribution in [0.4, 0.5) is 4.39 Å². The quantitative estimate of drug-likeness (QED) is 0.903. The fraction of sp³-hybridized carbons (Fsp3) is 0.600. The van der Waals surface area contributed by atoms with Crippen molar-refractivity contribution in [3.05, 3.63) is 29.6 Å². The first-order valence-corrected chi connectivity index (χ1v) is 6.78. The summed E-state index contributed by atoms with van der Waals surface area (Å²) in [5.74, 6) is 0.583. The summed E-state index contributed by atoms with van der Waals surface area (Å²) in [5, 5.41) is 3.39. The lowest BCUT2D eigenvalue weighted by atomic mass is 9.81. The van der Waals surface area contributed by atoms with E-state index in [4.69, 9.17) is 4.74 Å². The predicted molar refractivity (Wildman–Crippen MR) is 75.2 cm³/mol. The Hall–Kier alpha value is -1.13. The van der Waals surface area contributed by atoms with Gasteiger partial charge in [0.05, 0.1) is 7.11 Å². The van der Waals surface area contributed by atoms with E-state index in [1.807, 2.05) is 0 Å². The van der Waals surface area contributed by atoms with Gasteiger partial charge < -0.3 is 15.0 Å². The monoisotopic (exact) mass is 266 g/mol. The molecule has 1 saturated heterocycles. The van der Waals surface area contributed by atoms with Crippen LogP contribution in [-0.4, -0.2) is 44.7 Å². The number of piperidine rings is 1. The molecule has 1 aromatic carbocycles. The number of nitrogens with zero attached hydrogens (tertiary/aromatic N) is 1. The molecule has 3 nitrogen and oxygen atoms in total. The van der Waals surface area contributed by atoms with Crippen molar-refractivity contribution in [2.45, 2.75) is 24.8 Å². The topological polar surface area (TPSA) is 24.5 Å². The molecule has 19 heavy (non-hydrogen) atoms. The third-order valence-electron chi connectivity index (χ3n) is 4.24. The Labute approximate surface area is 114 Å². The molecule has 0 atom stereocenters. The van der Waals surface area contributed by atoms with Gasteiger partial charge in [0, 0.05) is 5.54 Å². The first kappa shape index (κ1) is 14.3. The van der Waals surface area contributed by atoms with Gasteiger partial charge >= 0.3 is 0 Å². The molecule has 1 aliphatic rings. The van der Waals surface area contributed by atoms with E-state index in [0.29, 0.717) is 0 Å². The number of ether oxygens (including phenoxy) is 1. The minimum atomic E-state index is -0.196. The Kier molecular flexibility index (Phi) is 4.42. The summed E-state index contributed by atoms with van der Waals surface area (Å²) in [6, 6.07) is 4.77. The van der Waals surface area contributed by atoms with Gasteiger partial charge in [-0.15, -0.1) is 0 Å². The van der Waals surface area contributed by atoms with E-state index < -0.39 is 0 Å². The van der Waals surface area contributed by atoms with Gasteiger partial charge in [0.15, 0.2) is 0 Å². The molecular weight excluding hydrogens is 243 g/mol. The van der Waals surface area contributed by atoms with Gasteiger partial charge in [-0.2, -0.15) is 0 Å². The molecule has 1 aromatic rings. The summed E-state index contributed by atoms with van der Waals surface area (Å²) in [4.78, 5) is 2.28. The van der Waals surface area contributed by atoms with Gasteiger partial charge in [0.25, 0.3) is 0 Å². The zero-order valence-electron chi connectivity index (χ0n) is 12.0. The highest BCUT2D eigenvalue weighted by atomic mass is 19.1. The van der Waals surface area contributed by atoms with Crippen LogP contribution < -0.4 is 10.1 Å². The highest BCUT2D eigenvalue weighted by molar-refractivity contribution is 5.35. The lowest BCUT2D eigenvalue weighted by Crippen LogP contribution is -2.53. The van der Waals surface area contributed by atoms with Crippen LogP contribution in [0.25, 0.3) is 0 Å². The number of benzene rings is 1. The zero-order chi connectivity index (χ0) is 13.9. The number of halogens is 1. The van der Waals surface area contributed by atoms with Crippen molar-refractivity contribution in [3.8, 4) is 5.75 Å². The average molecular weight is 266 g/mol. The van der Waals surface area contributed by atoms with Gasteiger partial charge in [0.1, 0.15) is 11.6 Å². The van der Waals surface area contributed by atoms with Crippen molar-refractivity contribution in [1.29, 1.82) is 0 Å². The molecule has 0 bridgehead atoms. The SMILES string of the molecule is COc1ccc(F)cc1CC1(N(C)C)CCNCC1. The van der Waals surface area contributed by atoms with E-state index in [9.17, 15) is 4.39 Å². The number of methoxy groups -OCH3 is 1. The Bertz CT molecular complexity index is 428. The number of hydrogen-bond acceptors (Lipinski definition) is 3. The molecule has 0 saturated carbocycles. The summed E-state index contributed by atoms with van der Waals surface area (Å²) in [7, 11) is 5.86. The molecule has 1 aliphatic heterocycles. The summed E-state index contributed by atoms with van der Waals surface area (Å²) >= 11 is 0. The van der Waals surface area contributed by atoms with Gasteiger partial charge in [-0.25, -0.2) is 4.39 Å². The highest BCUT2D eigenvalue weighted by Gasteiger charge is 2.35. The number of rotatable bonds is 4. The maximum absolute atomic E-state index is 13.5. The first-order valence-electron chi connectivity index (χ1n) is 6.78. The van der Waals surface area contributed by atoms with Crippen LogP contribution in [0.3, 0.4) is 0 Å². The van der Waals surface area contributed by atoms with Crippen molar-refractivity contribution >= 4 is 0 Å². The lowest BCUT2D eigenvalue weighted by molar-refractivity contribution is 0.107. The van der Waals surface area contributed by atoms with Gasteiger partial charge in [-0.1, -0.05) is 0 Å². The summed E-state index contributed by atoms with van der Waals surface area (Å²) in [6.45, 7) is 2.02. The molecule has 1 N–H and O–H groups in total. The fourth-order valence-corrected chi connectivity index (χ4v) is 2.91. The smallest absolute Gasteiger partial charge is 0.123 e. The summed E-state index contributed by atoms with van der Waals surface area (Å²) in [5.41, 5.74) is 1.05. The van der Waals surface area contributed by atoms with Gasteiger partial charge in [-0.3, -0.25) is 0 Å². The molecular formula is C15H23FN2O. The molecule has 0 aliphatic carbocycles. The van der Waals surface area contributed by atoms with Crippen LogP contribution in [0.2, 0.25) is 0 Å². The van der Waals surface area contributed by atoms with E-state index in [2.05, 4.69) is 24.3 Å². The van der Waals surface area contributed by atoms with E-state index in [-0.39, 0.29) is 11.4 Å². The van der Waals surface area contributed by atoms with Gasteiger partial charge in [-0.05, 0) is 70.2 Å². The summed E-state index contributed by atoms with van der Waals surface area (Å²) < 4.78 is 18.8. The molecule has 106 valence electrons. The zero-order valence-corrected chi connectivity index (χ0v) is 12.0. The van der Waals surface area contributed by atoms with Crippen molar-refractivity contribution in [2.24, 2.45) is 0 Å². The van der Waals surface area contributed by atoms with Crippen molar-refractivity contribution < 1.29 is 9.13 Å². The third kappa shape index (κ3) is 3.07. The standard InChI is InChI=1S/C15H23FN2O/c1-18(2)15(6-8-17-9-7-15)11-12-10-13(16)4-5-14(12)19-3/h4-5,10,17H,6-9,11H2,1-3H3. The maximum Gasteiger partial charge on any atom is 0.123 e. The van der Waals surface area contributed by atoms with Crippen LogP contribution in [0.15, 0.2) is 18.2 Å². The molecule has 2 rings (SSSR count). The van der Waals surface area contributed by atoms with E-state index in [0.717, 1.165) is 43.7 Å². The van der Waals surface area contributed by atoms with E-state index in [1.54, 1.807) is 19.2 Å². The summed E-state index contributed by atoms with van der Waals surface area (Å²) in [6.07, 6.45) is 2.96. The molecule has 0 radical (unpaired) electrons. The number of hydrogen-bond donors (Lipinski definition) is 1. The Balaban J connectivity index is 2.28. The lowest BCUT2D eigenvalue weighted by Gasteiger charge is -2.43. The van der Waals surface area contributed by atoms with Crippen LogP contribution >= 0.6 is 0 Å². The van der Waals surface area contributed by atoms with E-state index in [1.165, 1.54) is 6.07 Å². The fourth-order valence-electron chi connectivity index (χ4n) is 2.91. The van der Waals surface area contributed by atoms with Crippen LogP contribution in [0.1, 0.15) is 18.4 Å². The Morgan fingerprint density at radius 3 is 2.58 bits per heavy atom. The Morgan fingerprint density at radius 2 is 2.00 bits per heavy atom. The van der Waals surface area contributed by atoms with Crippen LogP contribution in [0.5, 0.6) is 5.75 Å².